The first-order chi connectivity index (χ1) is 13.4. The highest BCUT2D eigenvalue weighted by Crippen LogP contribution is 2.29. The van der Waals surface area contributed by atoms with E-state index < -0.39 is 22.0 Å². The fraction of sp³-hybridized carbons (Fsp3) is 0.211. The van der Waals surface area contributed by atoms with Crippen molar-refractivity contribution in [2.24, 2.45) is 0 Å². The molecule has 0 bridgehead atoms. The zero-order valence-corrected chi connectivity index (χ0v) is 16.1. The van der Waals surface area contributed by atoms with Crippen molar-refractivity contribution < 1.29 is 27.8 Å². The number of H-pyrrole nitrogens is 1. The number of hydrogen-bond donors (Lipinski definition) is 3. The lowest BCUT2D eigenvalue weighted by Crippen LogP contribution is -2.42. The second-order valence-electron chi connectivity index (χ2n) is 6.09. The number of aliphatic carboxylic acids is 1. The predicted molar refractivity (Wildman–Crippen MR) is 103 cm³/mol. The number of fused-ring (bicyclic) bond motifs is 1. The second-order valence-corrected chi connectivity index (χ2v) is 7.81. The number of benzene rings is 2. The van der Waals surface area contributed by atoms with Crippen molar-refractivity contribution in [3.63, 3.8) is 0 Å². The Balaban J connectivity index is 1.88. The zero-order valence-electron chi connectivity index (χ0n) is 15.3. The van der Waals surface area contributed by atoms with Gasteiger partial charge in [0, 0.05) is 29.6 Å². The number of carboxylic acid groups (broad SMARTS) is 1. The molecule has 0 aliphatic heterocycles. The van der Waals surface area contributed by atoms with E-state index in [-0.39, 0.29) is 17.1 Å². The maximum Gasteiger partial charge on any atom is 0.322 e. The summed E-state index contributed by atoms with van der Waals surface area (Å²) in [6, 6.07) is 10.1. The van der Waals surface area contributed by atoms with Crippen LogP contribution in [0.1, 0.15) is 5.56 Å². The molecule has 9 heteroatoms. The predicted octanol–water partition coefficient (Wildman–Crippen LogP) is 2.16. The Morgan fingerprint density at radius 3 is 2.54 bits per heavy atom. The van der Waals surface area contributed by atoms with Crippen molar-refractivity contribution in [2.75, 3.05) is 14.2 Å². The minimum absolute atomic E-state index is 0.00807. The van der Waals surface area contributed by atoms with E-state index >= 15 is 0 Å². The number of sulfonamides is 1. The molecule has 1 heterocycles. The normalized spacial score (nSPS) is 12.6. The van der Waals surface area contributed by atoms with Crippen LogP contribution in [0.25, 0.3) is 10.9 Å². The molecule has 1 atom stereocenters. The van der Waals surface area contributed by atoms with E-state index in [2.05, 4.69) is 9.71 Å². The maximum absolute atomic E-state index is 12.7. The van der Waals surface area contributed by atoms with Crippen LogP contribution in [-0.4, -0.2) is 44.7 Å². The molecule has 0 fully saturated rings. The summed E-state index contributed by atoms with van der Waals surface area (Å²) in [6.07, 6.45) is 1.68. The van der Waals surface area contributed by atoms with Crippen LogP contribution in [0.5, 0.6) is 11.5 Å². The fourth-order valence-electron chi connectivity index (χ4n) is 2.94. The summed E-state index contributed by atoms with van der Waals surface area (Å²) in [5.41, 5.74) is 1.56. The number of methoxy groups -OCH3 is 2. The number of hydrogen-bond acceptors (Lipinski definition) is 5. The van der Waals surface area contributed by atoms with Crippen molar-refractivity contribution in [2.45, 2.75) is 17.4 Å². The standard InChI is InChI=1S/C19H20N2O6S/c1-26-17-8-7-13(10-18(17)27-2)28(24,25)21-16(19(22)23)9-12-11-20-15-6-4-3-5-14(12)15/h3-8,10-11,16,20-21H,9H2,1-2H3,(H,22,23)/t16-/m0/s1. The summed E-state index contributed by atoms with van der Waals surface area (Å²) in [5, 5.41) is 10.4. The Morgan fingerprint density at radius 1 is 1.14 bits per heavy atom. The van der Waals surface area contributed by atoms with Crippen molar-refractivity contribution in [3.05, 3.63) is 54.2 Å². The molecular weight excluding hydrogens is 384 g/mol. The Hall–Kier alpha value is -3.04. The molecular formula is C19H20N2O6S. The van der Waals surface area contributed by atoms with Gasteiger partial charge in [0.05, 0.1) is 19.1 Å². The third-order valence-corrected chi connectivity index (χ3v) is 5.83. The van der Waals surface area contributed by atoms with Crippen LogP contribution in [0.15, 0.2) is 53.6 Å². The molecule has 0 saturated heterocycles. The van der Waals surface area contributed by atoms with Crippen molar-refractivity contribution in [1.82, 2.24) is 9.71 Å². The molecule has 2 aromatic carbocycles. The van der Waals surface area contributed by atoms with Gasteiger partial charge in [0.1, 0.15) is 6.04 Å². The molecule has 3 rings (SSSR count). The van der Waals surface area contributed by atoms with Gasteiger partial charge in [-0.15, -0.1) is 0 Å². The lowest BCUT2D eigenvalue weighted by Gasteiger charge is -2.16. The van der Waals surface area contributed by atoms with Crippen LogP contribution in [-0.2, 0) is 21.2 Å². The summed E-state index contributed by atoms with van der Waals surface area (Å²) in [7, 11) is -1.27. The monoisotopic (exact) mass is 404 g/mol. The number of aromatic nitrogens is 1. The van der Waals surface area contributed by atoms with Crippen LogP contribution in [0.3, 0.4) is 0 Å². The van der Waals surface area contributed by atoms with Gasteiger partial charge in [-0.1, -0.05) is 18.2 Å². The molecule has 1 aromatic heterocycles. The van der Waals surface area contributed by atoms with E-state index in [0.29, 0.717) is 11.3 Å². The van der Waals surface area contributed by atoms with Gasteiger partial charge in [-0.25, -0.2) is 8.42 Å². The third-order valence-electron chi connectivity index (χ3n) is 4.36. The van der Waals surface area contributed by atoms with Gasteiger partial charge < -0.3 is 19.6 Å². The van der Waals surface area contributed by atoms with Gasteiger partial charge >= 0.3 is 5.97 Å². The lowest BCUT2D eigenvalue weighted by atomic mass is 10.1. The van der Waals surface area contributed by atoms with E-state index in [4.69, 9.17) is 9.47 Å². The van der Waals surface area contributed by atoms with Crippen LogP contribution >= 0.6 is 0 Å². The molecule has 0 radical (unpaired) electrons. The summed E-state index contributed by atoms with van der Waals surface area (Å²) in [5.74, 6) is -0.668. The summed E-state index contributed by atoms with van der Waals surface area (Å²) in [6.45, 7) is 0. The van der Waals surface area contributed by atoms with E-state index in [1.165, 1.54) is 32.4 Å². The van der Waals surface area contributed by atoms with Crippen LogP contribution in [0, 0.1) is 0 Å². The quantitative estimate of drug-likeness (QED) is 0.530. The third kappa shape index (κ3) is 3.95. The van der Waals surface area contributed by atoms with Gasteiger partial charge in [0.25, 0.3) is 0 Å². The van der Waals surface area contributed by atoms with Crippen molar-refractivity contribution >= 4 is 26.9 Å². The van der Waals surface area contributed by atoms with Crippen molar-refractivity contribution in [1.29, 1.82) is 0 Å². The molecule has 148 valence electrons. The van der Waals surface area contributed by atoms with Gasteiger partial charge in [-0.3, -0.25) is 4.79 Å². The highest BCUT2D eigenvalue weighted by molar-refractivity contribution is 7.89. The van der Waals surface area contributed by atoms with Crippen molar-refractivity contribution in [3.8, 4) is 11.5 Å². The molecule has 0 saturated carbocycles. The van der Waals surface area contributed by atoms with E-state index in [0.717, 1.165) is 10.9 Å². The number of nitrogens with one attached hydrogen (secondary N) is 2. The van der Waals surface area contributed by atoms with Gasteiger partial charge in [-0.2, -0.15) is 4.72 Å². The Bertz CT molecular complexity index is 1110. The average Bonchev–Trinajstić information content (AvgIpc) is 3.09. The van der Waals surface area contributed by atoms with Gasteiger partial charge in [-0.05, 0) is 23.8 Å². The second kappa shape index (κ2) is 7.91. The fourth-order valence-corrected chi connectivity index (χ4v) is 4.14. The Labute approximate surface area is 162 Å². The highest BCUT2D eigenvalue weighted by atomic mass is 32.2. The lowest BCUT2D eigenvalue weighted by molar-refractivity contribution is -0.138. The molecule has 8 nitrogen and oxygen atoms in total. The average molecular weight is 404 g/mol. The summed E-state index contributed by atoms with van der Waals surface area (Å²) in [4.78, 5) is 14.7. The first-order valence-electron chi connectivity index (χ1n) is 8.38. The molecule has 3 aromatic rings. The molecule has 0 unspecified atom stereocenters. The largest absolute Gasteiger partial charge is 0.493 e. The van der Waals surface area contributed by atoms with E-state index in [1.54, 1.807) is 6.20 Å². The summed E-state index contributed by atoms with van der Waals surface area (Å²) < 4.78 is 37.9. The number of para-hydroxylation sites is 1. The smallest absolute Gasteiger partial charge is 0.322 e. The number of carboxylic acids is 1. The molecule has 0 spiro atoms. The van der Waals surface area contributed by atoms with E-state index in [1.807, 2.05) is 24.3 Å². The minimum Gasteiger partial charge on any atom is -0.493 e. The number of rotatable bonds is 8. The highest BCUT2D eigenvalue weighted by Gasteiger charge is 2.27. The first kappa shape index (κ1) is 19.7. The number of ether oxygens (including phenoxy) is 2. The van der Waals surface area contributed by atoms with Gasteiger partial charge in [0.2, 0.25) is 10.0 Å². The topological polar surface area (TPSA) is 118 Å². The maximum atomic E-state index is 12.7. The number of aromatic amines is 1. The van der Waals surface area contributed by atoms with Crippen LogP contribution < -0.4 is 14.2 Å². The summed E-state index contributed by atoms with van der Waals surface area (Å²) >= 11 is 0. The zero-order chi connectivity index (χ0) is 20.3. The molecule has 0 aliphatic rings. The van der Waals surface area contributed by atoms with E-state index in [9.17, 15) is 18.3 Å². The number of carbonyl (C=O) groups is 1. The minimum atomic E-state index is -4.10. The van der Waals surface area contributed by atoms with Crippen LogP contribution in [0.2, 0.25) is 0 Å². The Kier molecular flexibility index (Phi) is 5.57. The van der Waals surface area contributed by atoms with Gasteiger partial charge in [0.15, 0.2) is 11.5 Å². The molecule has 0 amide bonds. The first-order valence-corrected chi connectivity index (χ1v) is 9.86. The molecule has 3 N–H and O–H groups in total. The van der Waals surface area contributed by atoms with Crippen LogP contribution in [0.4, 0.5) is 0 Å². The SMILES string of the molecule is COc1ccc(S(=O)(=O)N[C@@H](Cc2c[nH]c3ccccc23)C(=O)O)cc1OC. The molecule has 28 heavy (non-hydrogen) atoms. The Morgan fingerprint density at radius 2 is 1.86 bits per heavy atom. The molecule has 0 aliphatic carbocycles.